The van der Waals surface area contributed by atoms with Gasteiger partial charge in [-0.05, 0) is 35.6 Å². The van der Waals surface area contributed by atoms with E-state index in [0.717, 1.165) is 11.1 Å². The number of aromatic hydroxyl groups is 1. The van der Waals surface area contributed by atoms with Crippen molar-refractivity contribution in [3.05, 3.63) is 65.0 Å². The first-order chi connectivity index (χ1) is 15.4. The second kappa shape index (κ2) is 10.7. The number of ether oxygens (including phenoxy) is 1. The highest BCUT2D eigenvalue weighted by Gasteiger charge is 2.16. The van der Waals surface area contributed by atoms with Gasteiger partial charge in [-0.1, -0.05) is 29.4 Å². The fraction of sp³-hybridized carbons (Fsp3) is 0.227. The molecule has 0 saturated heterocycles. The fourth-order valence-corrected chi connectivity index (χ4v) is 3.40. The van der Waals surface area contributed by atoms with Gasteiger partial charge in [0.05, 0.1) is 26.0 Å². The van der Waals surface area contributed by atoms with Crippen molar-refractivity contribution in [2.45, 2.75) is 20.1 Å². The van der Waals surface area contributed by atoms with E-state index in [2.05, 4.69) is 24.9 Å². The first kappa shape index (κ1) is 23.2. The van der Waals surface area contributed by atoms with Gasteiger partial charge < -0.3 is 19.5 Å². The van der Waals surface area contributed by atoms with Crippen molar-refractivity contribution in [2.75, 3.05) is 13.4 Å². The Bertz CT molecular complexity index is 1160. The van der Waals surface area contributed by atoms with Crippen LogP contribution in [0.25, 0.3) is 11.4 Å². The predicted octanol–water partition coefficient (Wildman–Crippen LogP) is 3.76. The number of thioether (sulfide) groups is 1. The molecule has 9 nitrogen and oxygen atoms in total. The predicted molar refractivity (Wildman–Crippen MR) is 122 cm³/mol. The van der Waals surface area contributed by atoms with Crippen LogP contribution in [0.3, 0.4) is 0 Å². The highest BCUT2D eigenvalue weighted by molar-refractivity contribution is 8.15. The SMILES string of the molecule is COC(=O)/N=C(SC)/C(=N/Cc1ccc(-c2noc(C)n2)cc1)c1cc(O)cc(CO)c1. The number of methoxy groups -OCH3 is 1. The number of phenolic OH excluding ortho intramolecular Hbond substituents is 1. The summed E-state index contributed by atoms with van der Waals surface area (Å²) in [5.41, 5.74) is 3.13. The van der Waals surface area contributed by atoms with Crippen LogP contribution in [0.1, 0.15) is 22.6 Å². The van der Waals surface area contributed by atoms with E-state index in [9.17, 15) is 15.0 Å². The lowest BCUT2D eigenvalue weighted by Crippen LogP contribution is -2.15. The maximum absolute atomic E-state index is 11.8. The van der Waals surface area contributed by atoms with Crippen LogP contribution in [0.5, 0.6) is 5.75 Å². The molecule has 3 aromatic rings. The molecule has 0 saturated carbocycles. The van der Waals surface area contributed by atoms with E-state index in [-0.39, 0.29) is 18.9 Å². The molecule has 0 aliphatic rings. The van der Waals surface area contributed by atoms with Gasteiger partial charge in [-0.25, -0.2) is 4.79 Å². The molecular weight excluding hydrogens is 432 g/mol. The summed E-state index contributed by atoms with van der Waals surface area (Å²) in [6, 6.07) is 12.2. The minimum atomic E-state index is -0.760. The van der Waals surface area contributed by atoms with Crippen LogP contribution >= 0.6 is 11.8 Å². The summed E-state index contributed by atoms with van der Waals surface area (Å²) in [4.78, 5) is 24.6. The van der Waals surface area contributed by atoms with Crippen molar-refractivity contribution in [1.29, 1.82) is 0 Å². The molecule has 3 rings (SSSR count). The third kappa shape index (κ3) is 5.80. The summed E-state index contributed by atoms with van der Waals surface area (Å²) in [5, 5.41) is 23.8. The maximum atomic E-state index is 11.8. The summed E-state index contributed by atoms with van der Waals surface area (Å²) in [5.74, 6) is 0.961. The van der Waals surface area contributed by atoms with E-state index in [0.29, 0.717) is 33.6 Å². The van der Waals surface area contributed by atoms with Crippen molar-refractivity contribution >= 4 is 28.6 Å². The van der Waals surface area contributed by atoms with Crippen molar-refractivity contribution in [1.82, 2.24) is 10.1 Å². The van der Waals surface area contributed by atoms with E-state index >= 15 is 0 Å². The van der Waals surface area contributed by atoms with Crippen LogP contribution in [-0.2, 0) is 17.9 Å². The van der Waals surface area contributed by atoms with E-state index in [1.54, 1.807) is 19.2 Å². The number of aromatic nitrogens is 2. The third-order valence-electron chi connectivity index (χ3n) is 4.36. The number of aryl methyl sites for hydroxylation is 1. The monoisotopic (exact) mass is 454 g/mol. The van der Waals surface area contributed by atoms with Gasteiger partial charge >= 0.3 is 6.09 Å². The molecule has 0 aliphatic heterocycles. The molecule has 1 aromatic heterocycles. The van der Waals surface area contributed by atoms with Gasteiger partial charge in [0, 0.05) is 18.1 Å². The zero-order valence-electron chi connectivity index (χ0n) is 17.8. The van der Waals surface area contributed by atoms with Crippen LogP contribution in [0, 0.1) is 6.92 Å². The molecule has 0 radical (unpaired) electrons. The van der Waals surface area contributed by atoms with Crippen LogP contribution in [0.15, 0.2) is 57.0 Å². The number of carbonyl (C=O) groups excluding carboxylic acids is 1. The summed E-state index contributed by atoms with van der Waals surface area (Å²) in [7, 11) is 1.24. The van der Waals surface area contributed by atoms with Gasteiger partial charge in [0.1, 0.15) is 10.8 Å². The van der Waals surface area contributed by atoms with Crippen molar-refractivity contribution in [3.63, 3.8) is 0 Å². The summed E-state index contributed by atoms with van der Waals surface area (Å²) >= 11 is 1.22. The molecule has 0 fully saturated rings. The molecule has 0 aliphatic carbocycles. The molecule has 0 atom stereocenters. The molecule has 1 heterocycles. The first-order valence-electron chi connectivity index (χ1n) is 9.52. The number of phenols is 1. The van der Waals surface area contributed by atoms with E-state index in [4.69, 9.17) is 4.52 Å². The first-order valence-corrected chi connectivity index (χ1v) is 10.7. The second-order valence-electron chi connectivity index (χ2n) is 6.64. The topological polar surface area (TPSA) is 130 Å². The Morgan fingerprint density at radius 3 is 2.53 bits per heavy atom. The lowest BCUT2D eigenvalue weighted by Gasteiger charge is -2.11. The summed E-state index contributed by atoms with van der Waals surface area (Å²) in [6.45, 7) is 1.75. The van der Waals surface area contributed by atoms with Gasteiger partial charge in [-0.2, -0.15) is 9.98 Å². The van der Waals surface area contributed by atoms with Crippen molar-refractivity contribution < 1.29 is 24.3 Å². The average Bonchev–Trinajstić information content (AvgIpc) is 3.24. The normalized spacial score (nSPS) is 12.1. The van der Waals surface area contributed by atoms with Gasteiger partial charge in [-0.3, -0.25) is 4.99 Å². The van der Waals surface area contributed by atoms with Crippen LogP contribution in [0.4, 0.5) is 4.79 Å². The smallest absolute Gasteiger partial charge is 0.434 e. The Morgan fingerprint density at radius 1 is 1.19 bits per heavy atom. The number of rotatable bonds is 6. The molecule has 2 N–H and O–H groups in total. The Morgan fingerprint density at radius 2 is 1.94 bits per heavy atom. The zero-order valence-corrected chi connectivity index (χ0v) is 18.6. The molecule has 166 valence electrons. The summed E-state index contributed by atoms with van der Waals surface area (Å²) in [6.07, 6.45) is 0.999. The number of aliphatic imine (C=N–C) groups is 2. The quantitative estimate of drug-likeness (QED) is 0.425. The average molecular weight is 455 g/mol. The van der Waals surface area contributed by atoms with Crippen molar-refractivity contribution in [2.24, 2.45) is 9.98 Å². The molecule has 0 bridgehead atoms. The minimum absolute atomic E-state index is 0.0301. The van der Waals surface area contributed by atoms with Crippen LogP contribution in [0.2, 0.25) is 0 Å². The van der Waals surface area contributed by atoms with Crippen LogP contribution in [-0.4, -0.2) is 50.6 Å². The van der Waals surface area contributed by atoms with E-state index in [1.807, 2.05) is 24.3 Å². The number of amides is 1. The Kier molecular flexibility index (Phi) is 7.74. The van der Waals surface area contributed by atoms with E-state index in [1.165, 1.54) is 31.0 Å². The Balaban J connectivity index is 1.96. The third-order valence-corrected chi connectivity index (χ3v) is 5.03. The number of aliphatic hydroxyl groups is 1. The lowest BCUT2D eigenvalue weighted by atomic mass is 10.1. The lowest BCUT2D eigenvalue weighted by molar-refractivity contribution is 0.183. The molecule has 0 unspecified atom stereocenters. The highest BCUT2D eigenvalue weighted by Crippen LogP contribution is 2.21. The van der Waals surface area contributed by atoms with Gasteiger partial charge in [0.2, 0.25) is 11.7 Å². The Hall–Kier alpha value is -3.50. The number of aliphatic hydroxyl groups excluding tert-OH is 1. The number of nitrogens with zero attached hydrogens (tertiary/aromatic N) is 4. The van der Waals surface area contributed by atoms with Crippen molar-refractivity contribution in [3.8, 4) is 17.1 Å². The number of carbonyl (C=O) groups is 1. The highest BCUT2D eigenvalue weighted by atomic mass is 32.2. The van der Waals surface area contributed by atoms with Gasteiger partial charge in [0.15, 0.2) is 0 Å². The Labute approximate surface area is 188 Å². The van der Waals surface area contributed by atoms with Gasteiger partial charge in [0.25, 0.3) is 0 Å². The minimum Gasteiger partial charge on any atom is -0.508 e. The van der Waals surface area contributed by atoms with E-state index < -0.39 is 6.09 Å². The maximum Gasteiger partial charge on any atom is 0.434 e. The zero-order chi connectivity index (χ0) is 23.1. The largest absolute Gasteiger partial charge is 0.508 e. The standard InChI is InChI=1S/C22H22N4O5S/c1-13-24-20(26-31-13)16-6-4-14(5-7-16)11-23-19(21(32-3)25-22(29)30-2)17-8-15(12-27)9-18(28)10-17/h4-10,27-28H,11-12H2,1-3H3/b23-19+,25-21-. The number of hydrogen-bond donors (Lipinski definition) is 2. The molecule has 2 aromatic carbocycles. The fourth-order valence-electron chi connectivity index (χ4n) is 2.85. The molecular formula is C22H22N4O5S. The van der Waals surface area contributed by atoms with Gasteiger partial charge in [-0.15, -0.1) is 11.8 Å². The number of hydrogen-bond acceptors (Lipinski definition) is 9. The molecule has 0 spiro atoms. The van der Waals surface area contributed by atoms with Crippen LogP contribution < -0.4 is 0 Å². The molecule has 10 heteroatoms. The second-order valence-corrected chi connectivity index (χ2v) is 7.43. The summed E-state index contributed by atoms with van der Waals surface area (Å²) < 4.78 is 9.66. The molecule has 32 heavy (non-hydrogen) atoms. The molecule has 1 amide bonds. The number of benzene rings is 2.